The van der Waals surface area contributed by atoms with E-state index in [2.05, 4.69) is 86.5 Å². The molecular formula is C17H25BrSSi. The zero-order valence-electron chi connectivity index (χ0n) is 13.3. The summed E-state index contributed by atoms with van der Waals surface area (Å²) in [5.74, 6) is 0. The molecular weight excluding hydrogens is 344 g/mol. The molecule has 1 aromatic rings. The van der Waals surface area contributed by atoms with Gasteiger partial charge in [-0.1, -0.05) is 53.7 Å². The van der Waals surface area contributed by atoms with Crippen molar-refractivity contribution in [3.05, 3.63) is 28.7 Å². The fourth-order valence-corrected chi connectivity index (χ4v) is 9.86. The molecule has 0 unspecified atom stereocenters. The summed E-state index contributed by atoms with van der Waals surface area (Å²) in [7, 11) is -1.60. The standard InChI is InChI=1S/C17H25BrSSi/c1-13(2)20(14(3)4,15(5)6)12-11-19-17-10-8-7-9-16(17)18/h7-10,13-15H,1-6H3. The third kappa shape index (κ3) is 3.93. The molecule has 0 bridgehead atoms. The Bertz CT molecular complexity index is 475. The first kappa shape index (κ1) is 17.9. The molecule has 110 valence electrons. The smallest absolute Gasteiger partial charge is 0.118 e. The number of hydrogen-bond acceptors (Lipinski definition) is 1. The molecule has 0 N–H and O–H groups in total. The summed E-state index contributed by atoms with van der Waals surface area (Å²) in [4.78, 5) is 1.21. The lowest BCUT2D eigenvalue weighted by atomic mass is 10.4. The quantitative estimate of drug-likeness (QED) is 0.322. The van der Waals surface area contributed by atoms with E-state index in [1.54, 1.807) is 11.8 Å². The summed E-state index contributed by atoms with van der Waals surface area (Å²) in [6, 6.07) is 8.29. The SMILES string of the molecule is CC(C)[Si](C#CSc1ccccc1Br)(C(C)C)C(C)C. The number of hydrogen-bond donors (Lipinski definition) is 0. The van der Waals surface area contributed by atoms with Crippen molar-refractivity contribution in [1.82, 2.24) is 0 Å². The molecule has 20 heavy (non-hydrogen) atoms. The van der Waals surface area contributed by atoms with Gasteiger partial charge >= 0.3 is 0 Å². The van der Waals surface area contributed by atoms with Crippen LogP contribution in [-0.2, 0) is 0 Å². The minimum absolute atomic E-state index is 0.690. The second-order valence-electron chi connectivity index (χ2n) is 6.16. The third-order valence-electron chi connectivity index (χ3n) is 4.13. The average molecular weight is 369 g/mol. The van der Waals surface area contributed by atoms with Crippen LogP contribution in [0, 0.1) is 10.8 Å². The van der Waals surface area contributed by atoms with Gasteiger partial charge in [-0.2, -0.15) is 0 Å². The molecule has 0 radical (unpaired) electrons. The highest BCUT2D eigenvalue weighted by molar-refractivity contribution is 9.10. The summed E-state index contributed by atoms with van der Waals surface area (Å²) in [6.45, 7) is 14.1. The lowest BCUT2D eigenvalue weighted by molar-refractivity contribution is 0.838. The summed E-state index contributed by atoms with van der Waals surface area (Å²) >= 11 is 5.24. The minimum Gasteiger partial charge on any atom is -0.118 e. The van der Waals surface area contributed by atoms with E-state index in [-0.39, 0.29) is 0 Å². The molecule has 0 aromatic heterocycles. The molecule has 0 amide bonds. The molecule has 0 nitrogen and oxygen atoms in total. The topological polar surface area (TPSA) is 0 Å². The van der Waals surface area contributed by atoms with Gasteiger partial charge in [0.2, 0.25) is 0 Å². The lowest BCUT2D eigenvalue weighted by Crippen LogP contribution is -2.43. The van der Waals surface area contributed by atoms with E-state index >= 15 is 0 Å². The van der Waals surface area contributed by atoms with Crippen molar-refractivity contribution in [2.75, 3.05) is 0 Å². The van der Waals surface area contributed by atoms with E-state index in [9.17, 15) is 0 Å². The number of halogens is 1. The van der Waals surface area contributed by atoms with Crippen LogP contribution in [0.4, 0.5) is 0 Å². The van der Waals surface area contributed by atoms with E-state index in [4.69, 9.17) is 0 Å². The minimum atomic E-state index is -1.60. The van der Waals surface area contributed by atoms with Crippen molar-refractivity contribution in [1.29, 1.82) is 0 Å². The molecule has 0 aliphatic carbocycles. The predicted molar refractivity (Wildman–Crippen MR) is 98.8 cm³/mol. The largest absolute Gasteiger partial charge is 0.147 e. The molecule has 0 saturated heterocycles. The number of thioether (sulfide) groups is 1. The van der Waals surface area contributed by atoms with Crippen LogP contribution in [0.5, 0.6) is 0 Å². The van der Waals surface area contributed by atoms with Gasteiger partial charge in [-0.25, -0.2) is 0 Å². The van der Waals surface area contributed by atoms with Crippen LogP contribution < -0.4 is 0 Å². The van der Waals surface area contributed by atoms with Crippen LogP contribution in [0.15, 0.2) is 33.6 Å². The molecule has 0 aliphatic rings. The van der Waals surface area contributed by atoms with Gasteiger partial charge in [-0.15, -0.1) is 5.54 Å². The van der Waals surface area contributed by atoms with Crippen LogP contribution in [-0.4, -0.2) is 8.07 Å². The summed E-state index contributed by atoms with van der Waals surface area (Å²) in [5.41, 5.74) is 5.81. The Morgan fingerprint density at radius 2 is 1.45 bits per heavy atom. The predicted octanol–water partition coefficient (Wildman–Crippen LogP) is 6.72. The van der Waals surface area contributed by atoms with Crippen molar-refractivity contribution in [3.63, 3.8) is 0 Å². The Kier molecular flexibility index (Phi) is 6.91. The molecule has 0 saturated carbocycles. The maximum absolute atomic E-state index is 3.74. The summed E-state index contributed by atoms with van der Waals surface area (Å²) in [5, 5.41) is 3.43. The summed E-state index contributed by atoms with van der Waals surface area (Å²) in [6.07, 6.45) is 0. The monoisotopic (exact) mass is 368 g/mol. The first-order chi connectivity index (χ1) is 9.32. The number of rotatable bonds is 4. The molecule has 0 aliphatic heterocycles. The van der Waals surface area contributed by atoms with Gasteiger partial charge in [-0.3, -0.25) is 0 Å². The molecule has 0 spiro atoms. The maximum atomic E-state index is 3.74. The van der Waals surface area contributed by atoms with Crippen LogP contribution in [0.2, 0.25) is 16.6 Å². The second-order valence-corrected chi connectivity index (χ2v) is 13.4. The van der Waals surface area contributed by atoms with Gasteiger partial charge in [0.05, 0.1) is 0 Å². The first-order valence-electron chi connectivity index (χ1n) is 7.25. The van der Waals surface area contributed by atoms with Crippen molar-refractivity contribution < 1.29 is 0 Å². The van der Waals surface area contributed by atoms with E-state index in [0.717, 1.165) is 4.47 Å². The Morgan fingerprint density at radius 1 is 0.950 bits per heavy atom. The van der Waals surface area contributed by atoms with Crippen molar-refractivity contribution in [2.45, 2.75) is 63.1 Å². The van der Waals surface area contributed by atoms with E-state index < -0.39 is 8.07 Å². The van der Waals surface area contributed by atoms with Crippen LogP contribution >= 0.6 is 27.7 Å². The Morgan fingerprint density at radius 3 is 1.90 bits per heavy atom. The molecule has 0 fully saturated rings. The second kappa shape index (κ2) is 7.73. The highest BCUT2D eigenvalue weighted by Crippen LogP contribution is 2.41. The van der Waals surface area contributed by atoms with Crippen molar-refractivity contribution >= 4 is 35.8 Å². The number of benzene rings is 1. The molecule has 1 aromatic carbocycles. The molecule has 3 heteroatoms. The van der Waals surface area contributed by atoms with Crippen molar-refractivity contribution in [2.24, 2.45) is 0 Å². The van der Waals surface area contributed by atoms with Gasteiger partial charge < -0.3 is 0 Å². The normalized spacial score (nSPS) is 11.9. The van der Waals surface area contributed by atoms with E-state index in [1.807, 2.05) is 6.07 Å². The van der Waals surface area contributed by atoms with E-state index in [0.29, 0.717) is 16.6 Å². The van der Waals surface area contributed by atoms with E-state index in [1.165, 1.54) is 4.90 Å². The average Bonchev–Trinajstić information content (AvgIpc) is 2.35. The Balaban J connectivity index is 3.04. The van der Waals surface area contributed by atoms with Crippen molar-refractivity contribution in [3.8, 4) is 10.8 Å². The van der Waals surface area contributed by atoms with Gasteiger partial charge in [0.15, 0.2) is 0 Å². The van der Waals surface area contributed by atoms with Gasteiger partial charge in [0.25, 0.3) is 0 Å². The van der Waals surface area contributed by atoms with Gasteiger partial charge in [0, 0.05) is 9.37 Å². The first-order valence-corrected chi connectivity index (χ1v) is 11.1. The summed E-state index contributed by atoms with van der Waals surface area (Å²) < 4.78 is 1.13. The van der Waals surface area contributed by atoms with Crippen LogP contribution in [0.25, 0.3) is 0 Å². The zero-order valence-corrected chi connectivity index (χ0v) is 16.7. The zero-order chi connectivity index (χ0) is 15.3. The third-order valence-corrected chi connectivity index (χ3v) is 12.3. The van der Waals surface area contributed by atoms with Crippen LogP contribution in [0.3, 0.4) is 0 Å². The molecule has 0 atom stereocenters. The fraction of sp³-hybridized carbons (Fsp3) is 0.529. The van der Waals surface area contributed by atoms with Gasteiger partial charge in [-0.05, 0) is 61.7 Å². The highest BCUT2D eigenvalue weighted by Gasteiger charge is 2.41. The Hall–Kier alpha value is -0.173. The fourth-order valence-electron chi connectivity index (χ4n) is 3.13. The molecule has 1 rings (SSSR count). The lowest BCUT2D eigenvalue weighted by Gasteiger charge is -2.37. The highest BCUT2D eigenvalue weighted by atomic mass is 79.9. The van der Waals surface area contributed by atoms with Crippen LogP contribution in [0.1, 0.15) is 41.5 Å². The van der Waals surface area contributed by atoms with Gasteiger partial charge in [0.1, 0.15) is 8.07 Å². The maximum Gasteiger partial charge on any atom is 0.147 e. The Labute approximate surface area is 138 Å². The molecule has 0 heterocycles.